The monoisotopic (exact) mass is 556 g/mol. The van der Waals surface area contributed by atoms with Gasteiger partial charge in [0.1, 0.15) is 29.3 Å². The topological polar surface area (TPSA) is 125 Å². The third-order valence-electron chi connectivity index (χ3n) is 7.75. The summed E-state index contributed by atoms with van der Waals surface area (Å²) in [5, 5.41) is 5.06. The van der Waals surface area contributed by atoms with Crippen LogP contribution in [-0.4, -0.2) is 64.8 Å². The van der Waals surface area contributed by atoms with Gasteiger partial charge < -0.3 is 19.9 Å². The molecular formula is C28H30F2N4O6. The number of carbonyl (C=O) groups excluding carboxylic acids is 5. The molecule has 2 N–H and O–H groups in total. The Labute approximate surface area is 229 Å². The van der Waals surface area contributed by atoms with Crippen molar-refractivity contribution < 1.29 is 37.5 Å². The highest BCUT2D eigenvalue weighted by Crippen LogP contribution is 2.38. The molecular weight excluding hydrogens is 526 g/mol. The number of halogens is 2. The van der Waals surface area contributed by atoms with Crippen molar-refractivity contribution in [1.29, 1.82) is 0 Å². The van der Waals surface area contributed by atoms with Crippen molar-refractivity contribution in [2.45, 2.75) is 51.3 Å². The molecule has 40 heavy (non-hydrogen) atoms. The van der Waals surface area contributed by atoms with E-state index >= 15 is 0 Å². The molecule has 1 saturated heterocycles. The zero-order valence-corrected chi connectivity index (χ0v) is 22.5. The maximum atomic E-state index is 13.8. The summed E-state index contributed by atoms with van der Waals surface area (Å²) in [4.78, 5) is 64.5. The molecule has 1 fully saturated rings. The molecule has 0 saturated carbocycles. The molecule has 0 aromatic heterocycles. The largest absolute Gasteiger partial charge is 0.461 e. The lowest BCUT2D eigenvalue weighted by Gasteiger charge is -2.33. The number of likely N-dealkylation sites (N-methyl/N-ethyl adjacent to an activating group) is 1. The Bertz CT molecular complexity index is 1380. The summed E-state index contributed by atoms with van der Waals surface area (Å²) in [7, 11) is 1.56. The Morgan fingerprint density at radius 2 is 1.80 bits per heavy atom. The maximum Gasteiger partial charge on any atom is 0.324 e. The van der Waals surface area contributed by atoms with Crippen LogP contribution in [0.2, 0.25) is 0 Å². The van der Waals surface area contributed by atoms with Crippen molar-refractivity contribution in [2.24, 2.45) is 5.92 Å². The fourth-order valence-corrected chi connectivity index (χ4v) is 5.08. The number of amides is 5. The molecule has 2 atom stereocenters. The van der Waals surface area contributed by atoms with Crippen molar-refractivity contribution in [1.82, 2.24) is 15.1 Å². The first kappa shape index (κ1) is 28.7. The van der Waals surface area contributed by atoms with Crippen LogP contribution in [0.5, 0.6) is 0 Å². The van der Waals surface area contributed by atoms with E-state index in [1.54, 1.807) is 25.2 Å². The third-order valence-corrected chi connectivity index (χ3v) is 7.75. The van der Waals surface area contributed by atoms with Gasteiger partial charge in [-0.1, -0.05) is 6.07 Å². The number of hydrogen-bond donors (Lipinski definition) is 2. The van der Waals surface area contributed by atoms with E-state index in [0.717, 1.165) is 28.2 Å². The highest BCUT2D eigenvalue weighted by molar-refractivity contribution is 6.07. The molecule has 12 heteroatoms. The van der Waals surface area contributed by atoms with Crippen LogP contribution >= 0.6 is 0 Å². The Kier molecular flexibility index (Phi) is 7.64. The summed E-state index contributed by atoms with van der Waals surface area (Å²) < 4.78 is 32.7. The molecule has 1 unspecified atom stereocenters. The van der Waals surface area contributed by atoms with Crippen molar-refractivity contribution in [2.75, 3.05) is 18.9 Å². The van der Waals surface area contributed by atoms with Crippen LogP contribution < -0.4 is 10.6 Å². The summed E-state index contributed by atoms with van der Waals surface area (Å²) in [5.74, 6) is -4.07. The van der Waals surface area contributed by atoms with E-state index in [1.807, 2.05) is 0 Å². The molecule has 0 bridgehead atoms. The number of carbonyl (C=O) groups is 5. The summed E-state index contributed by atoms with van der Waals surface area (Å²) in [6, 6.07) is 7.50. The Hall–Kier alpha value is -4.35. The fraction of sp³-hybridized carbons (Fsp3) is 0.393. The van der Waals surface area contributed by atoms with Gasteiger partial charge in [-0.2, -0.15) is 0 Å². The molecule has 212 valence electrons. The van der Waals surface area contributed by atoms with Gasteiger partial charge in [-0.3, -0.25) is 24.5 Å². The summed E-state index contributed by atoms with van der Waals surface area (Å²) in [6.07, 6.45) is 0.618. The second-order valence-electron chi connectivity index (χ2n) is 10.7. The third kappa shape index (κ3) is 5.51. The smallest absolute Gasteiger partial charge is 0.324 e. The second-order valence-corrected chi connectivity index (χ2v) is 10.7. The molecule has 1 aliphatic heterocycles. The minimum atomic E-state index is -1.21. The standard InChI is InChI=1S/C28H30F2N4O6/c1-16(27(2,3)40-15-35)24(37)34(13-17-7-20(29)10-21(30)8-17)14-23(36)31-22-6-5-18-11-28(12-19(18)9-22)25(38)32-26(39)33(28)4/h5-10,15-16H,11-14H2,1-4H3,(H,31,36)(H,32,38,39)/t16?,28-/m0/s1. The predicted octanol–water partition coefficient (Wildman–Crippen LogP) is 2.54. The van der Waals surface area contributed by atoms with Crippen LogP contribution in [0, 0.1) is 17.6 Å². The van der Waals surface area contributed by atoms with E-state index < -0.39 is 53.1 Å². The molecule has 2 aromatic carbocycles. The lowest BCUT2D eigenvalue weighted by Crippen LogP contribution is -2.48. The van der Waals surface area contributed by atoms with Gasteiger partial charge in [0.15, 0.2) is 0 Å². The number of fused-ring (bicyclic) bond motifs is 1. The number of urea groups is 1. The molecule has 5 amide bonds. The molecule has 10 nitrogen and oxygen atoms in total. The average molecular weight is 557 g/mol. The molecule has 2 aliphatic rings. The van der Waals surface area contributed by atoms with Crippen molar-refractivity contribution in [3.05, 3.63) is 64.7 Å². The highest BCUT2D eigenvalue weighted by atomic mass is 19.1. The van der Waals surface area contributed by atoms with Gasteiger partial charge in [0.05, 0.1) is 5.92 Å². The minimum absolute atomic E-state index is 0.135. The molecule has 1 heterocycles. The first-order chi connectivity index (χ1) is 18.8. The van der Waals surface area contributed by atoms with E-state index in [1.165, 1.54) is 25.7 Å². The average Bonchev–Trinajstić information content (AvgIpc) is 3.34. The fourth-order valence-electron chi connectivity index (χ4n) is 5.08. The Balaban J connectivity index is 1.52. The molecule has 4 rings (SSSR count). The van der Waals surface area contributed by atoms with Gasteiger partial charge >= 0.3 is 6.03 Å². The maximum absolute atomic E-state index is 13.8. The van der Waals surface area contributed by atoms with E-state index in [9.17, 15) is 32.8 Å². The van der Waals surface area contributed by atoms with Gasteiger partial charge in [-0.25, -0.2) is 13.6 Å². The minimum Gasteiger partial charge on any atom is -0.461 e. The van der Waals surface area contributed by atoms with Crippen LogP contribution in [0.25, 0.3) is 0 Å². The van der Waals surface area contributed by atoms with Gasteiger partial charge in [0, 0.05) is 38.2 Å². The van der Waals surface area contributed by atoms with Crippen molar-refractivity contribution in [3.8, 4) is 0 Å². The second kappa shape index (κ2) is 10.7. The number of imide groups is 1. The molecule has 1 spiro atoms. The zero-order valence-electron chi connectivity index (χ0n) is 22.5. The van der Waals surface area contributed by atoms with Gasteiger partial charge in [0.25, 0.3) is 12.4 Å². The lowest BCUT2D eigenvalue weighted by atomic mass is 9.91. The van der Waals surface area contributed by atoms with Crippen LogP contribution in [0.3, 0.4) is 0 Å². The quantitative estimate of drug-likeness (QED) is 0.361. The number of anilines is 1. The van der Waals surface area contributed by atoms with Crippen LogP contribution in [0.1, 0.15) is 37.5 Å². The highest BCUT2D eigenvalue weighted by Gasteiger charge is 2.54. The van der Waals surface area contributed by atoms with E-state index in [0.29, 0.717) is 18.2 Å². The van der Waals surface area contributed by atoms with Crippen LogP contribution in [-0.2, 0) is 43.3 Å². The van der Waals surface area contributed by atoms with Gasteiger partial charge in [-0.15, -0.1) is 0 Å². The summed E-state index contributed by atoms with van der Waals surface area (Å²) in [5.41, 5.74) is -0.0215. The number of hydrogen-bond acceptors (Lipinski definition) is 6. The van der Waals surface area contributed by atoms with E-state index in [2.05, 4.69) is 10.6 Å². The Morgan fingerprint density at radius 3 is 2.40 bits per heavy atom. The zero-order chi connectivity index (χ0) is 29.4. The van der Waals surface area contributed by atoms with E-state index in [-0.39, 0.29) is 30.9 Å². The summed E-state index contributed by atoms with van der Waals surface area (Å²) in [6.45, 7) is 4.10. The predicted molar refractivity (Wildman–Crippen MR) is 139 cm³/mol. The molecule has 2 aromatic rings. The number of benzene rings is 2. The van der Waals surface area contributed by atoms with Gasteiger partial charge in [0.2, 0.25) is 11.8 Å². The SMILES string of the molecule is CC(C(=O)N(CC(=O)Nc1ccc2c(c1)C[C@@]1(C2)C(=O)NC(=O)N1C)Cc1cc(F)cc(F)c1)C(C)(C)OC=O. The first-order valence-electron chi connectivity index (χ1n) is 12.6. The summed E-state index contributed by atoms with van der Waals surface area (Å²) >= 11 is 0. The normalized spacial score (nSPS) is 18.8. The number of ether oxygens (including phenoxy) is 1. The van der Waals surface area contributed by atoms with Crippen molar-refractivity contribution in [3.63, 3.8) is 0 Å². The van der Waals surface area contributed by atoms with Crippen LogP contribution in [0.15, 0.2) is 36.4 Å². The number of rotatable bonds is 9. The Morgan fingerprint density at radius 1 is 1.15 bits per heavy atom. The molecule has 0 radical (unpaired) electrons. The van der Waals surface area contributed by atoms with Crippen LogP contribution in [0.4, 0.5) is 19.3 Å². The first-order valence-corrected chi connectivity index (χ1v) is 12.6. The van der Waals surface area contributed by atoms with Crippen molar-refractivity contribution >= 4 is 35.9 Å². The lowest BCUT2D eigenvalue weighted by molar-refractivity contribution is -0.156. The number of nitrogens with zero attached hydrogens (tertiary/aromatic N) is 2. The van der Waals surface area contributed by atoms with Gasteiger partial charge in [-0.05, 0) is 61.7 Å². The van der Waals surface area contributed by atoms with E-state index in [4.69, 9.17) is 4.74 Å². The number of nitrogens with one attached hydrogen (secondary N) is 2. The molecule has 1 aliphatic carbocycles.